The highest BCUT2D eigenvalue weighted by Crippen LogP contribution is 2.19. The van der Waals surface area contributed by atoms with Gasteiger partial charge in [-0.25, -0.2) is 0 Å². The maximum absolute atomic E-state index is 11.9. The van der Waals surface area contributed by atoms with Crippen molar-refractivity contribution in [3.05, 3.63) is 35.5 Å². The summed E-state index contributed by atoms with van der Waals surface area (Å²) in [5, 5.41) is 2.52. The summed E-state index contributed by atoms with van der Waals surface area (Å²) in [6, 6.07) is 7.39. The Morgan fingerprint density at radius 3 is 2.62 bits per heavy atom. The predicted octanol–water partition coefficient (Wildman–Crippen LogP) is 1.39. The Kier molecular flexibility index (Phi) is 4.37. The Bertz CT molecular complexity index is 618. The van der Waals surface area contributed by atoms with Crippen LogP contribution in [0.1, 0.15) is 19.4 Å². The number of rotatable bonds is 3. The summed E-state index contributed by atoms with van der Waals surface area (Å²) in [6.07, 6.45) is 1.72. The zero-order valence-electron chi connectivity index (χ0n) is 12.2. The Morgan fingerprint density at radius 1 is 1.38 bits per heavy atom. The second kappa shape index (κ2) is 6.21. The van der Waals surface area contributed by atoms with E-state index in [1.807, 2.05) is 31.2 Å². The van der Waals surface area contributed by atoms with Crippen molar-refractivity contribution in [3.8, 4) is 5.75 Å². The van der Waals surface area contributed by atoms with Gasteiger partial charge in [-0.1, -0.05) is 12.1 Å². The van der Waals surface area contributed by atoms with Crippen molar-refractivity contribution < 1.29 is 14.3 Å². The third kappa shape index (κ3) is 3.47. The van der Waals surface area contributed by atoms with Crippen molar-refractivity contribution in [1.29, 1.82) is 0 Å². The molecule has 1 aliphatic rings. The topological polar surface area (TPSA) is 71.0 Å². The first-order chi connectivity index (χ1) is 10.0. The van der Waals surface area contributed by atoms with E-state index in [2.05, 4.69) is 10.3 Å². The van der Waals surface area contributed by atoms with Crippen LogP contribution in [0.3, 0.4) is 0 Å². The van der Waals surface area contributed by atoms with E-state index in [1.165, 1.54) is 6.92 Å². The lowest BCUT2D eigenvalue weighted by molar-refractivity contribution is -0.117. The SMILES string of the molecule is CCOc1ccc(/C=C2\C(=O)N=C(NC(C)=O)N2C)cc1. The minimum absolute atomic E-state index is 0.240. The van der Waals surface area contributed by atoms with E-state index >= 15 is 0 Å². The number of hydrogen-bond donors (Lipinski definition) is 1. The Labute approximate surface area is 123 Å². The number of likely N-dealkylation sites (N-methyl/N-ethyl adjacent to an activating group) is 1. The summed E-state index contributed by atoms with van der Waals surface area (Å²) in [7, 11) is 1.68. The van der Waals surface area contributed by atoms with Gasteiger partial charge in [0.2, 0.25) is 11.9 Å². The van der Waals surface area contributed by atoms with Crippen LogP contribution in [0.2, 0.25) is 0 Å². The molecule has 0 aliphatic carbocycles. The molecule has 0 saturated heterocycles. The van der Waals surface area contributed by atoms with Crippen molar-refractivity contribution in [2.45, 2.75) is 13.8 Å². The summed E-state index contributed by atoms with van der Waals surface area (Å²) in [5.41, 5.74) is 1.26. The average Bonchev–Trinajstić information content (AvgIpc) is 2.68. The predicted molar refractivity (Wildman–Crippen MR) is 79.6 cm³/mol. The number of amides is 2. The number of benzene rings is 1. The molecule has 21 heavy (non-hydrogen) atoms. The fourth-order valence-corrected chi connectivity index (χ4v) is 1.90. The van der Waals surface area contributed by atoms with Crippen LogP contribution >= 0.6 is 0 Å². The number of carbonyl (C=O) groups is 2. The number of guanidine groups is 1. The second-order valence-electron chi connectivity index (χ2n) is 4.51. The molecule has 2 amide bonds. The summed E-state index contributed by atoms with van der Waals surface area (Å²) < 4.78 is 5.37. The fraction of sp³-hybridized carbons (Fsp3) is 0.267. The van der Waals surface area contributed by atoms with E-state index in [-0.39, 0.29) is 17.8 Å². The molecule has 6 nitrogen and oxygen atoms in total. The van der Waals surface area contributed by atoms with Gasteiger partial charge in [0.15, 0.2) is 0 Å². The number of carbonyl (C=O) groups excluding carboxylic acids is 2. The van der Waals surface area contributed by atoms with Gasteiger partial charge in [0.1, 0.15) is 11.4 Å². The molecule has 0 radical (unpaired) electrons. The molecule has 0 aromatic heterocycles. The van der Waals surface area contributed by atoms with Crippen molar-refractivity contribution >= 4 is 23.8 Å². The van der Waals surface area contributed by atoms with Crippen molar-refractivity contribution in [2.75, 3.05) is 13.7 Å². The largest absolute Gasteiger partial charge is 0.494 e. The first-order valence-electron chi connectivity index (χ1n) is 6.60. The number of nitrogens with one attached hydrogen (secondary N) is 1. The minimum atomic E-state index is -0.380. The van der Waals surface area contributed by atoms with Gasteiger partial charge in [-0.3, -0.25) is 14.9 Å². The molecule has 0 saturated carbocycles. The standard InChI is InChI=1S/C15H17N3O3/c1-4-21-12-7-5-11(6-8-12)9-13-14(20)17-15(18(13)3)16-10(2)19/h5-9H,4H2,1-3H3,(H,16,17,19,20)/b13-9+. The summed E-state index contributed by atoms with van der Waals surface area (Å²) in [4.78, 5) is 28.3. The molecule has 110 valence electrons. The molecule has 6 heteroatoms. The zero-order chi connectivity index (χ0) is 15.4. The van der Waals surface area contributed by atoms with Crippen LogP contribution in [0.5, 0.6) is 5.75 Å². The number of hydrogen-bond acceptors (Lipinski definition) is 4. The van der Waals surface area contributed by atoms with Gasteiger partial charge in [0.25, 0.3) is 5.91 Å². The molecule has 0 spiro atoms. The average molecular weight is 287 g/mol. The van der Waals surface area contributed by atoms with Crippen molar-refractivity contribution in [1.82, 2.24) is 10.2 Å². The first-order valence-corrected chi connectivity index (χ1v) is 6.60. The molecule has 1 aromatic rings. The highest BCUT2D eigenvalue weighted by atomic mass is 16.5. The van der Waals surface area contributed by atoms with E-state index in [1.54, 1.807) is 18.0 Å². The molecule has 1 aliphatic heterocycles. The lowest BCUT2D eigenvalue weighted by atomic mass is 10.2. The molecule has 2 rings (SSSR count). The summed E-state index contributed by atoms with van der Waals surface area (Å²) in [5.74, 6) is 0.372. The maximum Gasteiger partial charge on any atom is 0.296 e. The van der Waals surface area contributed by atoms with Crippen LogP contribution in [0.15, 0.2) is 35.0 Å². The van der Waals surface area contributed by atoms with Gasteiger partial charge in [0.05, 0.1) is 6.61 Å². The van der Waals surface area contributed by atoms with Crippen molar-refractivity contribution in [3.63, 3.8) is 0 Å². The van der Waals surface area contributed by atoms with Gasteiger partial charge in [-0.15, -0.1) is 0 Å². The highest BCUT2D eigenvalue weighted by molar-refractivity contribution is 6.15. The highest BCUT2D eigenvalue weighted by Gasteiger charge is 2.26. The lowest BCUT2D eigenvalue weighted by Crippen LogP contribution is -2.37. The van der Waals surface area contributed by atoms with Crippen molar-refractivity contribution in [2.24, 2.45) is 4.99 Å². The van der Waals surface area contributed by atoms with Crippen LogP contribution in [0, 0.1) is 0 Å². The van der Waals surface area contributed by atoms with Gasteiger partial charge >= 0.3 is 0 Å². The monoisotopic (exact) mass is 287 g/mol. The minimum Gasteiger partial charge on any atom is -0.494 e. The van der Waals surface area contributed by atoms with Crippen LogP contribution in [-0.2, 0) is 9.59 Å². The van der Waals surface area contributed by atoms with Crippen LogP contribution in [0.25, 0.3) is 6.08 Å². The smallest absolute Gasteiger partial charge is 0.296 e. The third-order valence-corrected chi connectivity index (χ3v) is 2.89. The molecule has 1 aromatic carbocycles. The van der Waals surface area contributed by atoms with Crippen LogP contribution in [0.4, 0.5) is 0 Å². The first kappa shape index (κ1) is 14.8. The van der Waals surface area contributed by atoms with E-state index in [9.17, 15) is 9.59 Å². The lowest BCUT2D eigenvalue weighted by Gasteiger charge is -2.14. The molecule has 0 unspecified atom stereocenters. The Morgan fingerprint density at radius 2 is 2.05 bits per heavy atom. The van der Waals surface area contributed by atoms with E-state index in [0.717, 1.165) is 11.3 Å². The molecular formula is C15H17N3O3. The Balaban J connectivity index is 2.18. The van der Waals surface area contributed by atoms with Gasteiger partial charge < -0.3 is 9.64 Å². The zero-order valence-corrected chi connectivity index (χ0v) is 12.2. The van der Waals surface area contributed by atoms with Gasteiger partial charge in [-0.2, -0.15) is 4.99 Å². The Hall–Kier alpha value is -2.63. The van der Waals surface area contributed by atoms with Gasteiger partial charge in [0, 0.05) is 14.0 Å². The number of nitrogens with zero attached hydrogens (tertiary/aromatic N) is 2. The van der Waals surface area contributed by atoms with E-state index < -0.39 is 0 Å². The molecule has 1 heterocycles. The number of ether oxygens (including phenoxy) is 1. The number of aliphatic imine (C=N–C) groups is 1. The maximum atomic E-state index is 11.9. The second-order valence-corrected chi connectivity index (χ2v) is 4.51. The van der Waals surface area contributed by atoms with E-state index in [4.69, 9.17) is 4.74 Å². The van der Waals surface area contributed by atoms with Gasteiger partial charge in [-0.05, 0) is 30.7 Å². The molecular weight excluding hydrogens is 270 g/mol. The quantitative estimate of drug-likeness (QED) is 0.853. The summed E-state index contributed by atoms with van der Waals surface area (Å²) >= 11 is 0. The third-order valence-electron chi connectivity index (χ3n) is 2.89. The fourth-order valence-electron chi connectivity index (χ4n) is 1.90. The molecule has 1 N–H and O–H groups in total. The molecule has 0 atom stereocenters. The normalized spacial score (nSPS) is 16.1. The summed E-state index contributed by atoms with van der Waals surface area (Å²) in [6.45, 7) is 3.90. The molecule has 0 fully saturated rings. The van der Waals surface area contributed by atoms with Crippen LogP contribution in [-0.4, -0.2) is 36.3 Å². The van der Waals surface area contributed by atoms with E-state index in [0.29, 0.717) is 12.3 Å². The van der Waals surface area contributed by atoms with Crippen LogP contribution < -0.4 is 10.1 Å². The molecule has 0 bridgehead atoms.